The fraction of sp³-hybridized carbons (Fsp3) is 1.00. The van der Waals surface area contributed by atoms with E-state index in [4.69, 9.17) is 0 Å². The summed E-state index contributed by atoms with van der Waals surface area (Å²) in [7, 11) is -9.89. The minimum atomic E-state index is -4.94. The van der Waals surface area contributed by atoms with Crippen molar-refractivity contribution < 1.29 is 28.7 Å². The Morgan fingerprint density at radius 3 is 1.56 bits per heavy atom. The van der Waals surface area contributed by atoms with Gasteiger partial charge in [0.15, 0.2) is 0 Å². The van der Waals surface area contributed by atoms with Crippen LogP contribution in [0.15, 0.2) is 0 Å². The van der Waals surface area contributed by atoms with Crippen molar-refractivity contribution in [1.82, 2.24) is 4.90 Å². The molecule has 0 aliphatic carbocycles. The van der Waals surface area contributed by atoms with Crippen LogP contribution in [0.25, 0.3) is 0 Å². The summed E-state index contributed by atoms with van der Waals surface area (Å²) < 4.78 is 23.8. The maximum Gasteiger partial charge on any atom is 0.358 e. The van der Waals surface area contributed by atoms with Crippen LogP contribution >= 0.6 is 15.2 Å². The summed E-state index contributed by atoms with van der Waals surface area (Å²) in [4.78, 5) is 39.9. The lowest BCUT2D eigenvalue weighted by Gasteiger charge is -2.38. The van der Waals surface area contributed by atoms with E-state index in [0.717, 1.165) is 19.3 Å². The van der Waals surface area contributed by atoms with Gasteiger partial charge in [0, 0.05) is 0 Å². The minimum Gasteiger partial charge on any atom is -0.323 e. The monoisotopic (exact) mass is 427 g/mol. The molecule has 0 aromatic rings. The quantitative estimate of drug-likeness (QED) is 0.219. The van der Waals surface area contributed by atoms with E-state index in [9.17, 15) is 28.7 Å². The fourth-order valence-corrected chi connectivity index (χ4v) is 7.50. The molecule has 1 saturated heterocycles. The molecule has 7 nitrogen and oxygen atoms in total. The van der Waals surface area contributed by atoms with Crippen LogP contribution in [0.2, 0.25) is 0 Å². The standard InChI is InChI=1S/C18H39NO6P2/c1-2-3-4-5-6-7-8-9-10-11-12-13-16-19-17-14-15-18(19,26(20,21)22)27(23,24)25/h2-17H2,1H3,(H2,20,21,22)(H2,23,24,25). The van der Waals surface area contributed by atoms with E-state index >= 15 is 0 Å². The number of unbranched alkanes of at least 4 members (excludes halogenated alkanes) is 11. The van der Waals surface area contributed by atoms with Crippen molar-refractivity contribution in [2.24, 2.45) is 0 Å². The Hall–Kier alpha value is 0.260. The van der Waals surface area contributed by atoms with Gasteiger partial charge in [-0.2, -0.15) is 0 Å². The van der Waals surface area contributed by atoms with E-state index in [2.05, 4.69) is 6.92 Å². The number of rotatable bonds is 15. The van der Waals surface area contributed by atoms with Crippen LogP contribution in [0.3, 0.4) is 0 Å². The molecule has 0 aromatic carbocycles. The maximum absolute atomic E-state index is 11.9. The third kappa shape index (κ3) is 7.54. The van der Waals surface area contributed by atoms with Gasteiger partial charge in [-0.1, -0.05) is 77.6 Å². The molecule has 27 heavy (non-hydrogen) atoms. The molecule has 0 spiro atoms. The highest BCUT2D eigenvalue weighted by Crippen LogP contribution is 2.73. The largest absolute Gasteiger partial charge is 0.358 e. The molecule has 1 aliphatic rings. The summed E-state index contributed by atoms with van der Waals surface area (Å²) in [5.41, 5.74) is 0. The first-order valence-electron chi connectivity index (χ1n) is 10.5. The number of likely N-dealkylation sites (tertiary alicyclic amines) is 1. The predicted molar refractivity (Wildman–Crippen MR) is 109 cm³/mol. The summed E-state index contributed by atoms with van der Waals surface area (Å²) in [6, 6.07) is 0. The molecule has 0 aromatic heterocycles. The van der Waals surface area contributed by atoms with Crippen LogP contribution < -0.4 is 0 Å². The molecular weight excluding hydrogens is 388 g/mol. The number of hydrogen-bond acceptors (Lipinski definition) is 3. The Balaban J connectivity index is 2.22. The predicted octanol–water partition coefficient (Wildman–Crippen LogP) is 4.79. The molecule has 0 radical (unpaired) electrons. The van der Waals surface area contributed by atoms with Gasteiger partial charge in [-0.3, -0.25) is 14.0 Å². The first-order chi connectivity index (χ1) is 12.7. The van der Waals surface area contributed by atoms with Crippen LogP contribution in [0, 0.1) is 0 Å². The lowest BCUT2D eigenvalue weighted by molar-refractivity contribution is 0.192. The van der Waals surface area contributed by atoms with Crippen molar-refractivity contribution in [2.75, 3.05) is 13.1 Å². The van der Waals surface area contributed by atoms with Gasteiger partial charge < -0.3 is 19.6 Å². The molecule has 0 atom stereocenters. The van der Waals surface area contributed by atoms with Crippen molar-refractivity contribution in [1.29, 1.82) is 0 Å². The molecule has 9 heteroatoms. The van der Waals surface area contributed by atoms with Crippen molar-refractivity contribution >= 4 is 15.2 Å². The Morgan fingerprint density at radius 2 is 1.15 bits per heavy atom. The fourth-order valence-electron chi connectivity index (χ4n) is 4.11. The average Bonchev–Trinajstić information content (AvgIpc) is 3.01. The van der Waals surface area contributed by atoms with Gasteiger partial charge in [0.2, 0.25) is 5.02 Å². The summed E-state index contributed by atoms with van der Waals surface area (Å²) >= 11 is 0. The molecule has 1 rings (SSSR count). The molecular formula is C18H39NO6P2. The van der Waals surface area contributed by atoms with E-state index in [-0.39, 0.29) is 6.42 Å². The van der Waals surface area contributed by atoms with Crippen molar-refractivity contribution in [3.8, 4) is 0 Å². The second-order valence-corrected chi connectivity index (χ2v) is 11.9. The van der Waals surface area contributed by atoms with Crippen LogP contribution in [0.5, 0.6) is 0 Å². The Bertz CT molecular complexity index is 482. The Labute approximate surface area is 164 Å². The molecule has 4 N–H and O–H groups in total. The summed E-state index contributed by atoms with van der Waals surface area (Å²) in [5, 5.41) is -2.31. The van der Waals surface area contributed by atoms with Gasteiger partial charge in [0.05, 0.1) is 0 Å². The van der Waals surface area contributed by atoms with Crippen molar-refractivity contribution in [3.63, 3.8) is 0 Å². The number of hydrogen-bond donors (Lipinski definition) is 4. The molecule has 1 fully saturated rings. The zero-order valence-corrected chi connectivity index (χ0v) is 18.5. The highest BCUT2D eigenvalue weighted by Gasteiger charge is 2.65. The number of nitrogens with zero attached hydrogens (tertiary/aromatic N) is 1. The second-order valence-electron chi connectivity index (χ2n) is 7.84. The molecule has 0 unspecified atom stereocenters. The van der Waals surface area contributed by atoms with Gasteiger partial charge in [-0.05, 0) is 32.4 Å². The first kappa shape index (κ1) is 25.3. The zero-order valence-electron chi connectivity index (χ0n) is 16.8. The SMILES string of the molecule is CCCCCCCCCCCCCCN1CCCC1(P(=O)(O)O)P(=O)(O)O. The highest BCUT2D eigenvalue weighted by atomic mass is 31.2. The zero-order chi connectivity index (χ0) is 20.4. The topological polar surface area (TPSA) is 118 Å². The van der Waals surface area contributed by atoms with Gasteiger partial charge >= 0.3 is 15.2 Å². The van der Waals surface area contributed by atoms with Gasteiger partial charge in [0.1, 0.15) is 0 Å². The minimum absolute atomic E-state index is 0.153. The van der Waals surface area contributed by atoms with E-state index in [1.54, 1.807) is 0 Å². The van der Waals surface area contributed by atoms with Crippen LogP contribution in [-0.4, -0.2) is 42.6 Å². The summed E-state index contributed by atoms with van der Waals surface area (Å²) in [6.45, 7) is 2.88. The van der Waals surface area contributed by atoms with Crippen LogP contribution in [0.1, 0.15) is 96.8 Å². The van der Waals surface area contributed by atoms with E-state index in [1.165, 1.54) is 56.3 Å². The smallest absolute Gasteiger partial charge is 0.323 e. The molecule has 1 aliphatic heterocycles. The molecule has 0 amide bonds. The van der Waals surface area contributed by atoms with Gasteiger partial charge in [0.25, 0.3) is 0 Å². The Morgan fingerprint density at radius 1 is 0.741 bits per heavy atom. The van der Waals surface area contributed by atoms with Gasteiger partial charge in [-0.25, -0.2) is 0 Å². The Kier molecular flexibility index (Phi) is 11.3. The molecule has 0 saturated carbocycles. The second kappa shape index (κ2) is 12.1. The third-order valence-electron chi connectivity index (χ3n) is 5.66. The first-order valence-corrected chi connectivity index (χ1v) is 13.8. The normalized spacial score (nSPS) is 18.3. The van der Waals surface area contributed by atoms with E-state index < -0.39 is 20.2 Å². The van der Waals surface area contributed by atoms with Crippen molar-refractivity contribution in [3.05, 3.63) is 0 Å². The third-order valence-corrected chi connectivity index (χ3v) is 10.1. The average molecular weight is 427 g/mol. The highest BCUT2D eigenvalue weighted by molar-refractivity contribution is 7.72. The van der Waals surface area contributed by atoms with E-state index in [1.807, 2.05) is 0 Å². The van der Waals surface area contributed by atoms with Crippen molar-refractivity contribution in [2.45, 2.75) is 102 Å². The summed E-state index contributed by atoms with van der Waals surface area (Å²) in [6.07, 6.45) is 14.5. The maximum atomic E-state index is 11.9. The molecule has 0 bridgehead atoms. The lowest BCUT2D eigenvalue weighted by atomic mass is 10.1. The lowest BCUT2D eigenvalue weighted by Crippen LogP contribution is -2.43. The molecule has 162 valence electrons. The van der Waals surface area contributed by atoms with Crippen LogP contribution in [-0.2, 0) is 9.13 Å². The van der Waals surface area contributed by atoms with Crippen LogP contribution in [0.4, 0.5) is 0 Å². The van der Waals surface area contributed by atoms with Gasteiger partial charge in [-0.15, -0.1) is 0 Å². The summed E-state index contributed by atoms with van der Waals surface area (Å²) in [5.74, 6) is 0. The van der Waals surface area contributed by atoms with E-state index in [0.29, 0.717) is 25.9 Å². The molecule has 1 heterocycles.